The van der Waals surface area contributed by atoms with Gasteiger partial charge in [-0.2, -0.15) is 0 Å². The molecule has 0 aliphatic heterocycles. The maximum absolute atomic E-state index is 6.15. The molecular formula is C17H20ClNS. The Morgan fingerprint density at radius 3 is 2.75 bits per heavy atom. The Hall–Kier alpha value is -0.990. The van der Waals surface area contributed by atoms with Gasteiger partial charge in [0.2, 0.25) is 0 Å². The van der Waals surface area contributed by atoms with Gasteiger partial charge in [0, 0.05) is 15.6 Å². The van der Waals surface area contributed by atoms with Crippen LogP contribution in [0.2, 0.25) is 5.02 Å². The molecule has 2 aromatic rings. The van der Waals surface area contributed by atoms with Crippen LogP contribution < -0.4 is 5.32 Å². The highest BCUT2D eigenvalue weighted by atomic mass is 35.5. The maximum Gasteiger partial charge on any atom is 0.0634 e. The topological polar surface area (TPSA) is 12.0 Å². The predicted octanol–water partition coefficient (Wildman–Crippen LogP) is 6.05. The molecule has 1 atom stereocenters. The summed E-state index contributed by atoms with van der Waals surface area (Å²) in [6.07, 6.45) is 5.38. The molecule has 1 aliphatic rings. The lowest BCUT2D eigenvalue weighted by molar-refractivity contribution is 0.475. The first-order chi connectivity index (χ1) is 9.74. The summed E-state index contributed by atoms with van der Waals surface area (Å²) in [5.41, 5.74) is 2.43. The number of aryl methyl sites for hydroxylation is 1. The first kappa shape index (κ1) is 14.0. The normalized spacial score (nSPS) is 17.3. The van der Waals surface area contributed by atoms with E-state index in [9.17, 15) is 0 Å². The average molecular weight is 306 g/mol. The molecule has 0 spiro atoms. The lowest BCUT2D eigenvalue weighted by Crippen LogP contribution is -2.18. The van der Waals surface area contributed by atoms with Crippen molar-refractivity contribution in [3.05, 3.63) is 51.2 Å². The zero-order valence-corrected chi connectivity index (χ0v) is 13.3. The predicted molar refractivity (Wildman–Crippen MR) is 88.8 cm³/mol. The number of hydrogen-bond donors (Lipinski definition) is 1. The molecule has 1 aromatic carbocycles. The monoisotopic (exact) mass is 305 g/mol. The summed E-state index contributed by atoms with van der Waals surface area (Å²) in [6, 6.07) is 10.9. The Morgan fingerprint density at radius 1 is 1.25 bits per heavy atom. The molecule has 1 aliphatic carbocycles. The zero-order chi connectivity index (χ0) is 13.9. The van der Waals surface area contributed by atoms with Crippen molar-refractivity contribution < 1.29 is 0 Å². The number of hydrogen-bond acceptors (Lipinski definition) is 2. The van der Waals surface area contributed by atoms with Crippen molar-refractivity contribution in [2.45, 2.75) is 38.6 Å². The minimum atomic E-state index is 0.426. The van der Waals surface area contributed by atoms with Gasteiger partial charge < -0.3 is 5.32 Å². The Balaban J connectivity index is 1.88. The average Bonchev–Trinajstić information content (AvgIpc) is 3.12. The third kappa shape index (κ3) is 3.02. The number of thiophene rings is 1. The van der Waals surface area contributed by atoms with Crippen LogP contribution in [0.1, 0.15) is 42.2 Å². The quantitative estimate of drug-likeness (QED) is 0.724. The zero-order valence-electron chi connectivity index (χ0n) is 11.7. The Morgan fingerprint density at radius 2 is 2.05 bits per heavy atom. The number of halogens is 1. The Bertz CT molecular complexity index is 558. The lowest BCUT2D eigenvalue weighted by atomic mass is 9.96. The second-order valence-electron chi connectivity index (χ2n) is 5.64. The van der Waals surface area contributed by atoms with Crippen LogP contribution in [-0.4, -0.2) is 0 Å². The third-order valence-corrected chi connectivity index (χ3v) is 5.42. The first-order valence-corrected chi connectivity index (χ1v) is 8.56. The van der Waals surface area contributed by atoms with Crippen LogP contribution in [0, 0.1) is 12.8 Å². The maximum atomic E-state index is 6.15. The molecule has 1 nitrogen and oxygen atoms in total. The van der Waals surface area contributed by atoms with Crippen LogP contribution >= 0.6 is 22.9 Å². The highest BCUT2D eigenvalue weighted by Gasteiger charge is 2.27. The van der Waals surface area contributed by atoms with Gasteiger partial charge in [0.25, 0.3) is 0 Å². The van der Waals surface area contributed by atoms with Gasteiger partial charge in [0.1, 0.15) is 0 Å². The molecule has 1 saturated carbocycles. The van der Waals surface area contributed by atoms with E-state index in [2.05, 4.69) is 35.8 Å². The summed E-state index contributed by atoms with van der Waals surface area (Å²) < 4.78 is 0. The van der Waals surface area contributed by atoms with Crippen molar-refractivity contribution in [1.29, 1.82) is 0 Å². The van der Waals surface area contributed by atoms with Gasteiger partial charge in [0.05, 0.1) is 6.04 Å². The van der Waals surface area contributed by atoms with Crippen molar-refractivity contribution in [2.75, 3.05) is 5.32 Å². The van der Waals surface area contributed by atoms with E-state index in [4.69, 9.17) is 11.6 Å². The molecule has 1 N–H and O–H groups in total. The lowest BCUT2D eigenvalue weighted by Gasteiger charge is -2.26. The van der Waals surface area contributed by atoms with Crippen molar-refractivity contribution >= 4 is 28.6 Å². The van der Waals surface area contributed by atoms with Crippen molar-refractivity contribution in [3.63, 3.8) is 0 Å². The second-order valence-corrected chi connectivity index (χ2v) is 7.06. The number of rotatable bonds is 4. The van der Waals surface area contributed by atoms with E-state index in [0.29, 0.717) is 6.04 Å². The first-order valence-electron chi connectivity index (χ1n) is 7.30. The largest absolute Gasteiger partial charge is 0.377 e. The molecule has 3 rings (SSSR count). The van der Waals surface area contributed by atoms with Gasteiger partial charge in [-0.1, -0.05) is 36.6 Å². The highest BCUT2D eigenvalue weighted by Crippen LogP contribution is 2.40. The van der Waals surface area contributed by atoms with E-state index in [-0.39, 0.29) is 0 Å². The molecule has 0 radical (unpaired) electrons. The standard InChI is InChI=1S/C17H20ClNS/c1-12-8-9-14(18)11-15(12)19-17(13-5-2-3-6-13)16-7-4-10-20-16/h4,7-11,13,17,19H,2-3,5-6H2,1H3. The molecule has 1 aromatic heterocycles. The van der Waals surface area contributed by atoms with Crippen molar-refractivity contribution in [1.82, 2.24) is 0 Å². The van der Waals surface area contributed by atoms with E-state index >= 15 is 0 Å². The fraction of sp³-hybridized carbons (Fsp3) is 0.412. The molecule has 0 saturated heterocycles. The van der Waals surface area contributed by atoms with E-state index in [0.717, 1.165) is 10.9 Å². The van der Waals surface area contributed by atoms with Gasteiger partial charge >= 0.3 is 0 Å². The number of nitrogens with one attached hydrogen (secondary N) is 1. The summed E-state index contributed by atoms with van der Waals surface area (Å²) in [6.45, 7) is 2.14. The number of benzene rings is 1. The Labute approximate surface area is 130 Å². The van der Waals surface area contributed by atoms with Gasteiger partial charge in [-0.3, -0.25) is 0 Å². The molecule has 1 fully saturated rings. The van der Waals surface area contributed by atoms with E-state index in [1.54, 1.807) is 0 Å². The van der Waals surface area contributed by atoms with Gasteiger partial charge in [0.15, 0.2) is 0 Å². The summed E-state index contributed by atoms with van der Waals surface area (Å²) in [5, 5.41) is 6.73. The van der Waals surface area contributed by atoms with Crippen LogP contribution in [0.3, 0.4) is 0 Å². The minimum absolute atomic E-state index is 0.426. The van der Waals surface area contributed by atoms with E-state index in [1.807, 2.05) is 23.5 Å². The van der Waals surface area contributed by atoms with Crippen molar-refractivity contribution in [2.24, 2.45) is 5.92 Å². The van der Waals surface area contributed by atoms with Gasteiger partial charge in [-0.25, -0.2) is 0 Å². The van der Waals surface area contributed by atoms with Crippen LogP contribution in [0.5, 0.6) is 0 Å². The molecule has 106 valence electrons. The Kier molecular flexibility index (Phi) is 4.32. The van der Waals surface area contributed by atoms with E-state index < -0.39 is 0 Å². The van der Waals surface area contributed by atoms with Crippen LogP contribution in [0.15, 0.2) is 35.7 Å². The molecule has 1 unspecified atom stereocenters. The summed E-state index contributed by atoms with van der Waals surface area (Å²) in [7, 11) is 0. The smallest absolute Gasteiger partial charge is 0.0634 e. The molecule has 20 heavy (non-hydrogen) atoms. The summed E-state index contributed by atoms with van der Waals surface area (Å²) in [4.78, 5) is 1.44. The van der Waals surface area contributed by atoms with Gasteiger partial charge in [-0.05, 0) is 54.8 Å². The summed E-state index contributed by atoms with van der Waals surface area (Å²) in [5.74, 6) is 0.743. The summed E-state index contributed by atoms with van der Waals surface area (Å²) >= 11 is 8.00. The van der Waals surface area contributed by atoms with Crippen LogP contribution in [-0.2, 0) is 0 Å². The number of anilines is 1. The van der Waals surface area contributed by atoms with Crippen LogP contribution in [0.4, 0.5) is 5.69 Å². The van der Waals surface area contributed by atoms with E-state index in [1.165, 1.54) is 41.8 Å². The molecule has 3 heteroatoms. The molecule has 0 amide bonds. The molecule has 1 heterocycles. The highest BCUT2D eigenvalue weighted by molar-refractivity contribution is 7.10. The SMILES string of the molecule is Cc1ccc(Cl)cc1NC(c1cccs1)C1CCCC1. The molecule has 0 bridgehead atoms. The van der Waals surface area contributed by atoms with Crippen LogP contribution in [0.25, 0.3) is 0 Å². The fourth-order valence-electron chi connectivity index (χ4n) is 3.10. The minimum Gasteiger partial charge on any atom is -0.377 e. The molecular weight excluding hydrogens is 286 g/mol. The fourth-order valence-corrected chi connectivity index (χ4v) is 4.14. The van der Waals surface area contributed by atoms with Gasteiger partial charge in [-0.15, -0.1) is 11.3 Å². The second kappa shape index (κ2) is 6.19. The van der Waals surface area contributed by atoms with Crippen molar-refractivity contribution in [3.8, 4) is 0 Å². The third-order valence-electron chi connectivity index (χ3n) is 4.23.